The number of allylic oxidation sites excluding steroid dienone is 1. The van der Waals surface area contributed by atoms with Gasteiger partial charge in [-0.25, -0.2) is 4.99 Å². The second-order valence-electron chi connectivity index (χ2n) is 9.21. The quantitative estimate of drug-likeness (QED) is 0.395. The molecule has 0 bridgehead atoms. The van der Waals surface area contributed by atoms with Gasteiger partial charge in [0, 0.05) is 28.6 Å². The third-order valence-corrected chi connectivity index (χ3v) is 7.96. The van der Waals surface area contributed by atoms with Gasteiger partial charge in [0.05, 0.1) is 31.1 Å². The minimum atomic E-state index is -0.880. The van der Waals surface area contributed by atoms with Crippen molar-refractivity contribution in [3.8, 4) is 11.5 Å². The number of hydrogen-bond donors (Lipinski definition) is 2. The lowest BCUT2D eigenvalue weighted by Gasteiger charge is -2.26. The van der Waals surface area contributed by atoms with Crippen LogP contribution < -0.4 is 35.0 Å². The molecule has 10 heteroatoms. The molecule has 0 unspecified atom stereocenters. The highest BCUT2D eigenvalue weighted by Crippen LogP contribution is 2.38. The third kappa shape index (κ3) is 4.09. The molecule has 3 heterocycles. The highest BCUT2D eigenvalue weighted by Gasteiger charge is 2.36. The molecule has 1 atom stereocenters. The molecule has 0 fully saturated rings. The summed E-state index contributed by atoms with van der Waals surface area (Å²) in [6.45, 7) is 1.74. The van der Waals surface area contributed by atoms with Crippen molar-refractivity contribution in [3.05, 3.63) is 115 Å². The van der Waals surface area contributed by atoms with Crippen LogP contribution in [0, 0.1) is 0 Å². The molecule has 40 heavy (non-hydrogen) atoms. The average Bonchev–Trinajstić information content (AvgIpc) is 3.46. The molecular weight excluding hydrogens is 528 g/mol. The van der Waals surface area contributed by atoms with Crippen molar-refractivity contribution in [2.45, 2.75) is 13.0 Å². The van der Waals surface area contributed by atoms with Crippen molar-refractivity contribution in [2.24, 2.45) is 4.99 Å². The Labute approximate surface area is 232 Å². The van der Waals surface area contributed by atoms with Gasteiger partial charge in [0.1, 0.15) is 22.1 Å². The number of nitrogens with one attached hydrogen (secondary N) is 2. The van der Waals surface area contributed by atoms with E-state index in [1.807, 2.05) is 30.3 Å². The Morgan fingerprint density at radius 3 is 2.50 bits per heavy atom. The molecule has 0 saturated heterocycles. The summed E-state index contributed by atoms with van der Waals surface area (Å²) in [5.74, 6) is 0.233. The van der Waals surface area contributed by atoms with Crippen molar-refractivity contribution in [3.63, 3.8) is 0 Å². The largest absolute Gasteiger partial charge is 0.497 e. The lowest BCUT2D eigenvalue weighted by atomic mass is 9.94. The van der Waals surface area contributed by atoms with Crippen LogP contribution in [0.15, 0.2) is 93.9 Å². The van der Waals surface area contributed by atoms with E-state index in [2.05, 4.69) is 15.6 Å². The topological polar surface area (TPSA) is 111 Å². The summed E-state index contributed by atoms with van der Waals surface area (Å²) < 4.78 is 12.8. The first-order valence-corrected chi connectivity index (χ1v) is 13.3. The number of amides is 2. The summed E-state index contributed by atoms with van der Waals surface area (Å²) in [6.07, 6.45) is 0. The Balaban J connectivity index is 1.61. The number of thiazole rings is 1. The average molecular weight is 553 g/mol. The number of rotatable bonds is 5. The van der Waals surface area contributed by atoms with Crippen molar-refractivity contribution >= 4 is 40.1 Å². The first-order valence-electron chi connectivity index (χ1n) is 12.5. The van der Waals surface area contributed by atoms with E-state index in [-0.39, 0.29) is 21.6 Å². The van der Waals surface area contributed by atoms with E-state index in [1.54, 1.807) is 56.5 Å². The Morgan fingerprint density at radius 2 is 1.75 bits per heavy atom. The van der Waals surface area contributed by atoms with Gasteiger partial charge in [-0.15, -0.1) is 0 Å². The van der Waals surface area contributed by atoms with Crippen LogP contribution in [0.2, 0.25) is 0 Å². The minimum absolute atomic E-state index is 0.246. The lowest BCUT2D eigenvalue weighted by molar-refractivity contribution is -0.113. The maximum atomic E-state index is 14.2. The smallest absolute Gasteiger partial charge is 0.271 e. The van der Waals surface area contributed by atoms with Gasteiger partial charge in [-0.3, -0.25) is 19.0 Å². The maximum absolute atomic E-state index is 14.2. The number of anilines is 2. The van der Waals surface area contributed by atoms with E-state index in [9.17, 15) is 14.4 Å². The molecule has 0 aliphatic carbocycles. The first-order chi connectivity index (χ1) is 19.4. The normalized spacial score (nSPS) is 17.0. The number of benzene rings is 3. The van der Waals surface area contributed by atoms with Crippen LogP contribution in [0.3, 0.4) is 0 Å². The summed E-state index contributed by atoms with van der Waals surface area (Å²) in [7, 11) is 3.07. The third-order valence-electron chi connectivity index (χ3n) is 6.91. The van der Waals surface area contributed by atoms with Crippen LogP contribution in [0.1, 0.15) is 24.1 Å². The number of methoxy groups -OCH3 is 2. The fourth-order valence-corrected chi connectivity index (χ4v) is 6.21. The number of carbonyl (C=O) groups is 2. The number of fused-ring (bicyclic) bond motifs is 2. The summed E-state index contributed by atoms with van der Waals surface area (Å²) in [5.41, 5.74) is 3.06. The minimum Gasteiger partial charge on any atom is -0.497 e. The van der Waals surface area contributed by atoms with Gasteiger partial charge in [-0.2, -0.15) is 0 Å². The highest BCUT2D eigenvalue weighted by molar-refractivity contribution is 7.07. The zero-order chi connectivity index (χ0) is 28.0. The first kappa shape index (κ1) is 25.3. The van der Waals surface area contributed by atoms with Crippen LogP contribution in [0.25, 0.3) is 5.57 Å². The standard InChI is InChI=1S/C30H24N4O5S/c1-16-23(27(35)32-17-9-5-4-6-10-17)25(20-14-13-18(38-2)15-22(20)39-3)34-29(37)26(40-30(34)31-16)24-19-11-7-8-12-21(19)33-28(24)36/h4-15,25H,1-3H3,(H,32,35)(H,33,36)/b26-24-/t25-/m0/s1. The number of aromatic nitrogens is 1. The van der Waals surface area contributed by atoms with Crippen LogP contribution >= 0.6 is 11.3 Å². The molecule has 0 spiro atoms. The van der Waals surface area contributed by atoms with Crippen LogP contribution in [-0.2, 0) is 9.59 Å². The fourth-order valence-electron chi connectivity index (χ4n) is 5.06. The molecule has 2 amide bonds. The summed E-state index contributed by atoms with van der Waals surface area (Å²) in [6, 6.07) is 20.6. The second kappa shape index (κ2) is 9.97. The van der Waals surface area contributed by atoms with Crippen molar-refractivity contribution in [1.29, 1.82) is 0 Å². The number of para-hydroxylation sites is 2. The van der Waals surface area contributed by atoms with E-state index in [4.69, 9.17) is 9.47 Å². The maximum Gasteiger partial charge on any atom is 0.271 e. The molecule has 0 radical (unpaired) electrons. The monoisotopic (exact) mass is 552 g/mol. The van der Waals surface area contributed by atoms with E-state index < -0.39 is 17.5 Å². The van der Waals surface area contributed by atoms with E-state index >= 15 is 0 Å². The SMILES string of the molecule is COc1ccc([C@H]2C(C(=O)Nc3ccccc3)=C(C)N=c3s/c(=C4\C(=O)Nc5ccccc54)c(=O)n32)c(OC)c1. The number of hydrogen-bond acceptors (Lipinski definition) is 7. The number of carbonyl (C=O) groups excluding carboxylic acids is 2. The van der Waals surface area contributed by atoms with E-state index in [0.717, 1.165) is 11.3 Å². The van der Waals surface area contributed by atoms with Crippen LogP contribution in [0.5, 0.6) is 11.5 Å². The van der Waals surface area contributed by atoms with Gasteiger partial charge in [0.15, 0.2) is 4.80 Å². The fraction of sp³-hybridized carbons (Fsp3) is 0.133. The van der Waals surface area contributed by atoms with Crippen molar-refractivity contribution in [2.75, 3.05) is 24.9 Å². The number of ether oxygens (including phenoxy) is 2. The molecule has 1 aromatic heterocycles. The Bertz CT molecular complexity index is 1910. The van der Waals surface area contributed by atoms with Gasteiger partial charge < -0.3 is 20.1 Å². The van der Waals surface area contributed by atoms with Crippen molar-refractivity contribution in [1.82, 2.24) is 4.57 Å². The van der Waals surface area contributed by atoms with E-state index in [0.29, 0.717) is 44.5 Å². The lowest BCUT2D eigenvalue weighted by Crippen LogP contribution is -2.41. The molecule has 2 N–H and O–H groups in total. The summed E-state index contributed by atoms with van der Waals surface area (Å²) in [5, 5.41) is 5.76. The van der Waals surface area contributed by atoms with Crippen LogP contribution in [0.4, 0.5) is 11.4 Å². The highest BCUT2D eigenvalue weighted by atomic mass is 32.1. The second-order valence-corrected chi connectivity index (χ2v) is 10.2. The zero-order valence-corrected chi connectivity index (χ0v) is 22.7. The Hall–Kier alpha value is -4.96. The molecule has 9 nitrogen and oxygen atoms in total. The molecule has 200 valence electrons. The van der Waals surface area contributed by atoms with Crippen LogP contribution in [-0.4, -0.2) is 30.6 Å². The molecule has 0 saturated carbocycles. The predicted octanol–water partition coefficient (Wildman–Crippen LogP) is 3.21. The predicted molar refractivity (Wildman–Crippen MR) is 152 cm³/mol. The van der Waals surface area contributed by atoms with Gasteiger partial charge in [-0.05, 0) is 37.3 Å². The Morgan fingerprint density at radius 1 is 1.00 bits per heavy atom. The Kier molecular flexibility index (Phi) is 6.31. The summed E-state index contributed by atoms with van der Waals surface area (Å²) >= 11 is 1.12. The molecule has 3 aromatic carbocycles. The van der Waals surface area contributed by atoms with Crippen molar-refractivity contribution < 1.29 is 19.1 Å². The molecule has 6 rings (SSSR count). The van der Waals surface area contributed by atoms with Gasteiger partial charge in [0.2, 0.25) is 0 Å². The molecule has 2 aliphatic rings. The van der Waals surface area contributed by atoms with Gasteiger partial charge in [-0.1, -0.05) is 47.7 Å². The molecule has 2 aliphatic heterocycles. The molecule has 4 aromatic rings. The molecular formula is C30H24N4O5S. The van der Waals surface area contributed by atoms with Gasteiger partial charge in [0.25, 0.3) is 17.4 Å². The number of nitrogens with zero attached hydrogens (tertiary/aromatic N) is 2. The zero-order valence-electron chi connectivity index (χ0n) is 21.8. The summed E-state index contributed by atoms with van der Waals surface area (Å²) in [4.78, 5) is 46.1. The van der Waals surface area contributed by atoms with Gasteiger partial charge >= 0.3 is 0 Å². The van der Waals surface area contributed by atoms with E-state index in [1.165, 1.54) is 11.7 Å².